The third kappa shape index (κ3) is 3.25. The number of para-hydroxylation sites is 1. The topological polar surface area (TPSA) is 89.8 Å². The number of rotatable bonds is 5. The van der Waals surface area contributed by atoms with E-state index in [0.29, 0.717) is 16.9 Å². The van der Waals surface area contributed by atoms with Crippen LogP contribution >= 0.6 is 11.3 Å². The number of nitrogens with one attached hydrogen (secondary N) is 1. The quantitative estimate of drug-likeness (QED) is 0.505. The molecule has 1 aromatic carbocycles. The van der Waals surface area contributed by atoms with Gasteiger partial charge in [0.25, 0.3) is 10.0 Å². The number of carbonyl (C=O) groups is 1. The van der Waals surface area contributed by atoms with Crippen molar-refractivity contribution in [2.24, 2.45) is 0 Å². The lowest BCUT2D eigenvalue weighted by Crippen LogP contribution is -2.16. The van der Waals surface area contributed by atoms with Gasteiger partial charge in [-0.2, -0.15) is 0 Å². The summed E-state index contributed by atoms with van der Waals surface area (Å²) in [5.74, 6) is -0.691. The third-order valence-electron chi connectivity index (χ3n) is 4.10. The lowest BCUT2D eigenvalue weighted by atomic mass is 10.1. The molecule has 0 fully saturated rings. The predicted octanol–water partition coefficient (Wildman–Crippen LogP) is 3.65. The zero-order chi connectivity index (χ0) is 19.7. The van der Waals surface area contributed by atoms with Gasteiger partial charge in [0, 0.05) is 18.0 Å². The molecule has 0 saturated heterocycles. The van der Waals surface area contributed by atoms with Crippen molar-refractivity contribution in [3.8, 4) is 11.3 Å². The summed E-state index contributed by atoms with van der Waals surface area (Å²) in [7, 11) is -2.78. The van der Waals surface area contributed by atoms with Crippen molar-refractivity contribution in [1.29, 1.82) is 0 Å². The molecule has 7 nitrogen and oxygen atoms in total. The lowest BCUT2D eigenvalue weighted by molar-refractivity contribution is 0.0602. The number of imidazole rings is 1. The van der Waals surface area contributed by atoms with E-state index in [-0.39, 0.29) is 9.77 Å². The van der Waals surface area contributed by atoms with Crippen molar-refractivity contribution in [3.05, 3.63) is 71.2 Å². The van der Waals surface area contributed by atoms with Crippen LogP contribution in [0.5, 0.6) is 0 Å². The molecule has 1 N–H and O–H groups in total. The van der Waals surface area contributed by atoms with Crippen LogP contribution < -0.4 is 4.72 Å². The molecule has 4 aromatic rings. The van der Waals surface area contributed by atoms with Crippen LogP contribution in [-0.4, -0.2) is 30.9 Å². The van der Waals surface area contributed by atoms with E-state index >= 15 is 0 Å². The number of esters is 1. The Morgan fingerprint density at radius 3 is 2.71 bits per heavy atom. The summed E-state index contributed by atoms with van der Waals surface area (Å²) < 4.78 is 34.9. The van der Waals surface area contributed by atoms with Gasteiger partial charge in [0.2, 0.25) is 0 Å². The minimum absolute atomic E-state index is 0.0280. The summed E-state index contributed by atoms with van der Waals surface area (Å²) in [6.07, 6.45) is 3.69. The highest BCUT2D eigenvalue weighted by Gasteiger charge is 2.25. The first-order chi connectivity index (χ1) is 13.5. The second-order valence-electron chi connectivity index (χ2n) is 5.85. The van der Waals surface area contributed by atoms with Gasteiger partial charge in [-0.25, -0.2) is 18.2 Å². The van der Waals surface area contributed by atoms with Crippen LogP contribution in [-0.2, 0) is 14.8 Å². The summed E-state index contributed by atoms with van der Waals surface area (Å²) in [5, 5.41) is 1.54. The molecule has 9 heteroatoms. The number of ether oxygens (including phenoxy) is 1. The fourth-order valence-electron chi connectivity index (χ4n) is 2.81. The molecular formula is C19H15N3O4S2. The van der Waals surface area contributed by atoms with E-state index in [1.807, 2.05) is 41.1 Å². The van der Waals surface area contributed by atoms with E-state index in [1.54, 1.807) is 18.2 Å². The van der Waals surface area contributed by atoms with Crippen LogP contribution in [0.4, 0.5) is 5.69 Å². The average Bonchev–Trinajstić information content (AvgIpc) is 3.35. The van der Waals surface area contributed by atoms with E-state index in [1.165, 1.54) is 18.6 Å². The number of carbonyl (C=O) groups excluding carboxylic acids is 1. The molecule has 0 amide bonds. The molecule has 0 aliphatic heterocycles. The molecule has 0 spiro atoms. The SMILES string of the molecule is COC(=O)c1sccc1S(=O)(=O)Nc1ccccc1-c1cn2ccccc2n1. The van der Waals surface area contributed by atoms with Crippen molar-refractivity contribution >= 4 is 38.7 Å². The van der Waals surface area contributed by atoms with Crippen LogP contribution in [0, 0.1) is 0 Å². The van der Waals surface area contributed by atoms with Crippen LogP contribution in [0.2, 0.25) is 0 Å². The zero-order valence-corrected chi connectivity index (χ0v) is 16.3. The number of aromatic nitrogens is 2. The molecular weight excluding hydrogens is 398 g/mol. The number of methoxy groups -OCH3 is 1. The van der Waals surface area contributed by atoms with Gasteiger partial charge in [-0.15, -0.1) is 11.3 Å². The van der Waals surface area contributed by atoms with E-state index in [0.717, 1.165) is 17.0 Å². The molecule has 0 atom stereocenters. The number of sulfonamides is 1. The highest BCUT2D eigenvalue weighted by atomic mass is 32.2. The Morgan fingerprint density at radius 2 is 1.93 bits per heavy atom. The predicted molar refractivity (Wildman–Crippen MR) is 107 cm³/mol. The molecule has 0 bridgehead atoms. The lowest BCUT2D eigenvalue weighted by Gasteiger charge is -2.11. The van der Waals surface area contributed by atoms with Crippen LogP contribution in [0.15, 0.2) is 71.2 Å². The van der Waals surface area contributed by atoms with E-state index in [2.05, 4.69) is 14.4 Å². The fourth-order valence-corrected chi connectivity index (χ4v) is 5.23. The maximum absolute atomic E-state index is 12.9. The number of fused-ring (bicyclic) bond motifs is 1. The van der Waals surface area contributed by atoms with Gasteiger partial charge in [-0.05, 0) is 29.6 Å². The Balaban J connectivity index is 1.75. The van der Waals surface area contributed by atoms with E-state index < -0.39 is 16.0 Å². The molecule has 28 heavy (non-hydrogen) atoms. The largest absolute Gasteiger partial charge is 0.465 e. The van der Waals surface area contributed by atoms with Gasteiger partial charge in [0.15, 0.2) is 0 Å². The highest BCUT2D eigenvalue weighted by molar-refractivity contribution is 7.93. The van der Waals surface area contributed by atoms with Gasteiger partial charge >= 0.3 is 5.97 Å². The second kappa shape index (κ2) is 7.10. The molecule has 0 aliphatic rings. The Labute approximate surface area is 165 Å². The Kier molecular flexibility index (Phi) is 4.62. The number of hydrogen-bond donors (Lipinski definition) is 1. The highest BCUT2D eigenvalue weighted by Crippen LogP contribution is 2.31. The first-order valence-corrected chi connectivity index (χ1v) is 10.6. The Morgan fingerprint density at radius 1 is 1.14 bits per heavy atom. The molecule has 3 heterocycles. The number of thiophene rings is 1. The minimum Gasteiger partial charge on any atom is -0.465 e. The molecule has 0 unspecified atom stereocenters. The summed E-state index contributed by atoms with van der Waals surface area (Å²) in [5.41, 5.74) is 2.38. The van der Waals surface area contributed by atoms with Gasteiger partial charge in [-0.3, -0.25) is 4.72 Å². The third-order valence-corrected chi connectivity index (χ3v) is 6.53. The minimum atomic E-state index is -3.99. The zero-order valence-electron chi connectivity index (χ0n) is 14.7. The average molecular weight is 413 g/mol. The van der Waals surface area contributed by atoms with Gasteiger partial charge in [0.05, 0.1) is 18.5 Å². The van der Waals surface area contributed by atoms with Gasteiger partial charge in [-0.1, -0.05) is 24.3 Å². The standard InChI is InChI=1S/C19H15N3O4S2/c1-26-19(23)18-16(9-11-27-18)28(24,25)21-14-7-3-2-6-13(14)15-12-22-10-5-4-8-17(22)20-15/h2-12,21H,1H3. The van der Waals surface area contributed by atoms with Crippen molar-refractivity contribution in [2.45, 2.75) is 4.90 Å². The van der Waals surface area contributed by atoms with E-state index in [9.17, 15) is 13.2 Å². The molecule has 4 rings (SSSR count). The number of benzene rings is 1. The summed E-state index contributed by atoms with van der Waals surface area (Å²) in [6.45, 7) is 0. The maximum Gasteiger partial charge on any atom is 0.349 e. The van der Waals surface area contributed by atoms with Crippen molar-refractivity contribution < 1.29 is 17.9 Å². The van der Waals surface area contributed by atoms with Gasteiger partial charge < -0.3 is 9.14 Å². The molecule has 0 aliphatic carbocycles. The first kappa shape index (κ1) is 18.2. The van der Waals surface area contributed by atoms with Crippen LogP contribution in [0.25, 0.3) is 16.9 Å². The number of nitrogens with zero attached hydrogens (tertiary/aromatic N) is 2. The van der Waals surface area contributed by atoms with Crippen molar-refractivity contribution in [1.82, 2.24) is 9.38 Å². The Bertz CT molecular complexity index is 1240. The number of anilines is 1. The first-order valence-electron chi connectivity index (χ1n) is 8.21. The smallest absolute Gasteiger partial charge is 0.349 e. The second-order valence-corrected chi connectivity index (χ2v) is 8.42. The fraction of sp³-hybridized carbons (Fsp3) is 0.0526. The maximum atomic E-state index is 12.9. The monoisotopic (exact) mass is 413 g/mol. The molecule has 0 saturated carbocycles. The van der Waals surface area contributed by atoms with Crippen LogP contribution in [0.1, 0.15) is 9.67 Å². The van der Waals surface area contributed by atoms with Crippen LogP contribution in [0.3, 0.4) is 0 Å². The van der Waals surface area contributed by atoms with Crippen molar-refractivity contribution in [2.75, 3.05) is 11.8 Å². The summed E-state index contributed by atoms with van der Waals surface area (Å²) in [6, 6.07) is 14.0. The summed E-state index contributed by atoms with van der Waals surface area (Å²) >= 11 is 1.01. The molecule has 142 valence electrons. The van der Waals surface area contributed by atoms with Gasteiger partial charge in [0.1, 0.15) is 15.4 Å². The number of hydrogen-bond acceptors (Lipinski definition) is 6. The normalized spacial score (nSPS) is 11.5. The molecule has 0 radical (unpaired) electrons. The Hall–Kier alpha value is -3.17. The summed E-state index contributed by atoms with van der Waals surface area (Å²) in [4.78, 5) is 16.3. The van der Waals surface area contributed by atoms with E-state index in [4.69, 9.17) is 0 Å². The van der Waals surface area contributed by atoms with Crippen molar-refractivity contribution in [3.63, 3.8) is 0 Å². The number of pyridine rings is 1. The molecule has 3 aromatic heterocycles.